The monoisotopic (exact) mass is 347 g/mol. The minimum absolute atomic E-state index is 0.227. The molecule has 1 aromatic carbocycles. The third-order valence-electron chi connectivity index (χ3n) is 3.08. The number of hydrogen-bond acceptors (Lipinski definition) is 6. The number of thiazole rings is 1. The van der Waals surface area contributed by atoms with E-state index in [1.807, 2.05) is 30.3 Å². The van der Waals surface area contributed by atoms with Crippen molar-refractivity contribution in [2.45, 2.75) is 13.5 Å². The first-order valence-corrected chi connectivity index (χ1v) is 8.08. The molecule has 1 aromatic heterocycles. The largest absolute Gasteiger partial charge is 0.468 e. The van der Waals surface area contributed by atoms with Crippen LogP contribution in [0.3, 0.4) is 0 Å². The van der Waals surface area contributed by atoms with Gasteiger partial charge in [-0.15, -0.1) is 11.3 Å². The van der Waals surface area contributed by atoms with Crippen molar-refractivity contribution in [3.8, 4) is 0 Å². The second-order valence-corrected chi connectivity index (χ2v) is 5.79. The normalized spacial score (nSPS) is 12.2. The maximum absolute atomic E-state index is 12.5. The zero-order chi connectivity index (χ0) is 17.5. The molecular weight excluding hydrogens is 330 g/mol. The summed E-state index contributed by atoms with van der Waals surface area (Å²) in [6.07, 6.45) is 2.92. The van der Waals surface area contributed by atoms with E-state index in [2.05, 4.69) is 4.74 Å². The number of aromatic nitrogens is 1. The first-order valence-electron chi connectivity index (χ1n) is 7.27. The molecule has 0 aliphatic carbocycles. The van der Waals surface area contributed by atoms with Gasteiger partial charge in [0.05, 0.1) is 24.3 Å². The van der Waals surface area contributed by atoms with Gasteiger partial charge in [-0.1, -0.05) is 30.3 Å². The highest BCUT2D eigenvalue weighted by Gasteiger charge is 2.11. The molecule has 1 heterocycles. The molecule has 126 valence electrons. The Balaban J connectivity index is 2.59. The van der Waals surface area contributed by atoms with Crippen molar-refractivity contribution in [2.75, 3.05) is 13.7 Å². The van der Waals surface area contributed by atoms with Crippen LogP contribution in [0.4, 0.5) is 0 Å². The lowest BCUT2D eigenvalue weighted by atomic mass is 10.2. The maximum atomic E-state index is 12.5. The summed E-state index contributed by atoms with van der Waals surface area (Å²) in [7, 11) is 1.24. The highest BCUT2D eigenvalue weighted by atomic mass is 32.1. The van der Waals surface area contributed by atoms with Gasteiger partial charge >= 0.3 is 11.9 Å². The first-order chi connectivity index (χ1) is 11.5. The minimum atomic E-state index is -0.570. The summed E-state index contributed by atoms with van der Waals surface area (Å²) in [5.74, 6) is -1.14. The molecule has 0 fully saturated rings. The van der Waals surface area contributed by atoms with Crippen molar-refractivity contribution >= 4 is 35.4 Å². The molecule has 0 saturated heterocycles. The van der Waals surface area contributed by atoms with Crippen LogP contribution in [0, 0.1) is 0 Å². The predicted octanol–water partition coefficient (Wildman–Crippen LogP) is 0.255. The highest BCUT2D eigenvalue weighted by Crippen LogP contribution is 1.98. The Kier molecular flexibility index (Phi) is 6.08. The summed E-state index contributed by atoms with van der Waals surface area (Å²) in [4.78, 5) is 35.8. The fraction of sp³-hybridized carbons (Fsp3) is 0.235. The molecule has 7 heteroatoms. The smallest absolute Gasteiger partial charge is 0.333 e. The summed E-state index contributed by atoms with van der Waals surface area (Å²) in [5, 5.41) is 0. The van der Waals surface area contributed by atoms with Crippen LogP contribution >= 0.6 is 11.3 Å². The Morgan fingerprint density at radius 3 is 2.58 bits per heavy atom. The fourth-order valence-corrected chi connectivity index (χ4v) is 3.00. The number of carbonyl (C=O) groups excluding carboxylic acids is 2. The van der Waals surface area contributed by atoms with E-state index in [0.717, 1.165) is 16.9 Å². The van der Waals surface area contributed by atoms with E-state index in [4.69, 9.17) is 4.74 Å². The Hall–Kier alpha value is -2.67. The van der Waals surface area contributed by atoms with Gasteiger partial charge in [0.25, 0.3) is 5.56 Å². The van der Waals surface area contributed by atoms with Gasteiger partial charge in [0, 0.05) is 0 Å². The van der Waals surface area contributed by atoms with Crippen molar-refractivity contribution in [1.29, 1.82) is 0 Å². The van der Waals surface area contributed by atoms with E-state index >= 15 is 0 Å². The standard InChI is InChI=1S/C17H17NO5S/c1-3-23-15(19)10-14-18(11-16(20)22-2)17(21)13(24-14)9-12-7-5-4-6-8-12/h4-10H,3,11H2,1-2H3/b13-9-,14-10-. The number of methoxy groups -OCH3 is 1. The molecule has 0 spiro atoms. The molecule has 2 aromatic rings. The molecular formula is C17H17NO5S. The van der Waals surface area contributed by atoms with Gasteiger partial charge in [0.1, 0.15) is 11.2 Å². The zero-order valence-electron chi connectivity index (χ0n) is 13.4. The predicted molar refractivity (Wildman–Crippen MR) is 91.0 cm³/mol. The molecule has 0 aliphatic rings. The Bertz CT molecular complexity index is 895. The number of carbonyl (C=O) groups is 2. The molecule has 0 atom stereocenters. The zero-order valence-corrected chi connectivity index (χ0v) is 14.2. The average molecular weight is 347 g/mol. The third-order valence-corrected chi connectivity index (χ3v) is 4.14. The lowest BCUT2D eigenvalue weighted by Crippen LogP contribution is -2.34. The topological polar surface area (TPSA) is 74.6 Å². The van der Waals surface area contributed by atoms with Crippen molar-refractivity contribution in [1.82, 2.24) is 4.57 Å². The molecule has 0 radical (unpaired) electrons. The van der Waals surface area contributed by atoms with Crippen LogP contribution in [0.2, 0.25) is 0 Å². The van der Waals surface area contributed by atoms with Crippen molar-refractivity contribution in [3.05, 3.63) is 55.4 Å². The molecule has 0 bridgehead atoms. The molecule has 2 rings (SSSR count). The van der Waals surface area contributed by atoms with E-state index < -0.39 is 11.9 Å². The van der Waals surface area contributed by atoms with Crippen LogP contribution in [0.15, 0.2) is 35.1 Å². The van der Waals surface area contributed by atoms with E-state index in [-0.39, 0.29) is 18.7 Å². The molecule has 0 saturated carbocycles. The van der Waals surface area contributed by atoms with Crippen molar-refractivity contribution in [2.24, 2.45) is 0 Å². The van der Waals surface area contributed by atoms with Crippen LogP contribution < -0.4 is 14.8 Å². The van der Waals surface area contributed by atoms with E-state index in [1.165, 1.54) is 17.8 Å². The molecule has 24 heavy (non-hydrogen) atoms. The summed E-state index contributed by atoms with van der Waals surface area (Å²) in [6.45, 7) is 1.65. The molecule has 0 aliphatic heterocycles. The third kappa shape index (κ3) is 4.42. The Morgan fingerprint density at radius 2 is 1.96 bits per heavy atom. The summed E-state index contributed by atoms with van der Waals surface area (Å²) in [5.41, 5.74) is 0.494. The lowest BCUT2D eigenvalue weighted by molar-refractivity contribution is -0.141. The van der Waals surface area contributed by atoms with Gasteiger partial charge in [-0.05, 0) is 18.6 Å². The van der Waals surface area contributed by atoms with E-state index in [0.29, 0.717) is 9.20 Å². The van der Waals surface area contributed by atoms with E-state index in [1.54, 1.807) is 13.0 Å². The van der Waals surface area contributed by atoms with Crippen LogP contribution in [0.1, 0.15) is 12.5 Å². The highest BCUT2D eigenvalue weighted by molar-refractivity contribution is 7.07. The van der Waals surface area contributed by atoms with Crippen LogP contribution in [-0.4, -0.2) is 30.2 Å². The first kappa shape index (κ1) is 17.7. The molecule has 0 N–H and O–H groups in total. The van der Waals surface area contributed by atoms with Crippen molar-refractivity contribution < 1.29 is 19.1 Å². The van der Waals surface area contributed by atoms with Crippen LogP contribution in [0.25, 0.3) is 12.2 Å². The summed E-state index contributed by atoms with van der Waals surface area (Å²) >= 11 is 1.12. The number of nitrogens with zero attached hydrogens (tertiary/aromatic N) is 1. The lowest BCUT2D eigenvalue weighted by Gasteiger charge is -2.00. The number of ether oxygens (including phenoxy) is 2. The van der Waals surface area contributed by atoms with Gasteiger partial charge in [-0.2, -0.15) is 0 Å². The van der Waals surface area contributed by atoms with Crippen molar-refractivity contribution in [3.63, 3.8) is 0 Å². The van der Waals surface area contributed by atoms with E-state index in [9.17, 15) is 14.4 Å². The van der Waals surface area contributed by atoms with Crippen LogP contribution in [-0.2, 0) is 25.6 Å². The Morgan fingerprint density at radius 1 is 1.25 bits per heavy atom. The second kappa shape index (κ2) is 8.26. The Labute approximate surface area is 142 Å². The van der Waals surface area contributed by atoms with Gasteiger partial charge in [-0.25, -0.2) is 4.79 Å². The molecule has 0 amide bonds. The molecule has 0 unspecified atom stereocenters. The minimum Gasteiger partial charge on any atom is -0.468 e. The fourth-order valence-electron chi connectivity index (χ4n) is 1.97. The average Bonchev–Trinajstić information content (AvgIpc) is 2.84. The number of benzene rings is 1. The van der Waals surface area contributed by atoms with Gasteiger partial charge in [-0.3, -0.25) is 14.2 Å². The molecule has 6 nitrogen and oxygen atoms in total. The quantitative estimate of drug-likeness (QED) is 0.725. The summed E-state index contributed by atoms with van der Waals surface area (Å²) < 4.78 is 11.4. The van der Waals surface area contributed by atoms with Gasteiger partial charge in [0.15, 0.2) is 0 Å². The maximum Gasteiger partial charge on any atom is 0.333 e. The number of esters is 2. The SMILES string of the molecule is CCOC(=O)/C=c1\s/c(=C\c2ccccc2)c(=O)n1CC(=O)OC. The van der Waals surface area contributed by atoms with Crippen LogP contribution in [0.5, 0.6) is 0 Å². The van der Waals surface area contributed by atoms with Gasteiger partial charge < -0.3 is 9.47 Å². The number of rotatable bonds is 5. The second-order valence-electron chi connectivity index (χ2n) is 4.72. The summed E-state index contributed by atoms with van der Waals surface area (Å²) in [6, 6.07) is 9.31. The van der Waals surface area contributed by atoms with Gasteiger partial charge in [0.2, 0.25) is 0 Å². The number of hydrogen-bond donors (Lipinski definition) is 0.